The van der Waals surface area contributed by atoms with Gasteiger partial charge in [0.1, 0.15) is 0 Å². The second kappa shape index (κ2) is 3.58. The molecule has 0 spiro atoms. The first kappa shape index (κ1) is 9.47. The number of rotatable bonds is 2. The van der Waals surface area contributed by atoms with E-state index in [4.69, 9.17) is 0 Å². The molecule has 0 aromatic carbocycles. The molecule has 1 fully saturated rings. The number of anilines is 1. The molecule has 1 aromatic rings. The molecule has 1 amide bonds. The topological polar surface area (TPSA) is 79.8 Å². The van der Waals surface area contributed by atoms with Crippen LogP contribution in [0.5, 0.6) is 0 Å². The van der Waals surface area contributed by atoms with Gasteiger partial charge >= 0.3 is 0 Å². The summed E-state index contributed by atoms with van der Waals surface area (Å²) in [7, 11) is 0. The third-order valence-corrected chi connectivity index (χ3v) is 2.90. The van der Waals surface area contributed by atoms with Crippen LogP contribution in [0.2, 0.25) is 0 Å². The molecule has 1 aliphatic rings. The van der Waals surface area contributed by atoms with E-state index in [0.717, 1.165) is 30.9 Å². The lowest BCUT2D eigenvalue weighted by molar-refractivity contribution is -0.121. The highest BCUT2D eigenvalue weighted by molar-refractivity contribution is 7.09. The molecule has 76 valence electrons. The molecule has 0 bridgehead atoms. The highest BCUT2D eigenvalue weighted by Crippen LogP contribution is 2.20. The minimum absolute atomic E-state index is 0.0615. The summed E-state index contributed by atoms with van der Waals surface area (Å²) in [6, 6.07) is 0. The summed E-state index contributed by atoms with van der Waals surface area (Å²) >= 11 is 1.08. The lowest BCUT2D eigenvalue weighted by Gasteiger charge is -2.21. The van der Waals surface area contributed by atoms with Gasteiger partial charge in [0.2, 0.25) is 11.0 Å². The van der Waals surface area contributed by atoms with E-state index in [9.17, 15) is 4.79 Å². The fourth-order valence-electron chi connectivity index (χ4n) is 1.51. The van der Waals surface area contributed by atoms with Crippen LogP contribution < -0.4 is 10.6 Å². The average Bonchev–Trinajstić information content (AvgIpc) is 2.76. The maximum atomic E-state index is 11.8. The van der Waals surface area contributed by atoms with Crippen LogP contribution >= 0.6 is 11.5 Å². The Kier molecular flexibility index (Phi) is 2.42. The summed E-state index contributed by atoms with van der Waals surface area (Å²) in [4.78, 5) is 11.8. The largest absolute Gasteiger partial charge is 0.304 e. The number of amides is 1. The highest BCUT2D eigenvalue weighted by Gasteiger charge is 2.36. The van der Waals surface area contributed by atoms with E-state index in [1.54, 1.807) is 0 Å². The van der Waals surface area contributed by atoms with E-state index in [1.807, 2.05) is 6.92 Å². The van der Waals surface area contributed by atoms with Crippen LogP contribution in [0.15, 0.2) is 0 Å². The quantitative estimate of drug-likeness (QED) is 0.723. The molecule has 14 heavy (non-hydrogen) atoms. The number of aromatic nitrogens is 3. The van der Waals surface area contributed by atoms with Gasteiger partial charge in [-0.2, -0.15) is 0 Å². The maximum absolute atomic E-state index is 11.8. The van der Waals surface area contributed by atoms with Crippen LogP contribution in [0.25, 0.3) is 0 Å². The zero-order valence-corrected chi connectivity index (χ0v) is 8.60. The molecule has 1 atom stereocenters. The fraction of sp³-hybridized carbons (Fsp3) is 0.714. The molecule has 1 aromatic heterocycles. The highest BCUT2D eigenvalue weighted by atomic mass is 32.1. The molecule has 1 aliphatic heterocycles. The molecular formula is C7H11N5OS. The van der Waals surface area contributed by atoms with Crippen molar-refractivity contribution in [3.63, 3.8) is 0 Å². The molecule has 1 unspecified atom stereocenters. The van der Waals surface area contributed by atoms with Crippen LogP contribution in [0.1, 0.15) is 19.8 Å². The number of hydrogen-bond donors (Lipinski definition) is 2. The van der Waals surface area contributed by atoms with Crippen LogP contribution in [-0.2, 0) is 4.79 Å². The van der Waals surface area contributed by atoms with E-state index in [1.165, 1.54) is 0 Å². The lowest BCUT2D eigenvalue weighted by Crippen LogP contribution is -2.47. The third kappa shape index (κ3) is 1.73. The van der Waals surface area contributed by atoms with Gasteiger partial charge in [-0.15, -0.1) is 0 Å². The molecule has 2 N–H and O–H groups in total. The van der Waals surface area contributed by atoms with Crippen molar-refractivity contribution in [2.75, 3.05) is 11.9 Å². The molecule has 0 saturated carbocycles. The van der Waals surface area contributed by atoms with Crippen molar-refractivity contribution in [3.05, 3.63) is 0 Å². The molecule has 7 heteroatoms. The fourth-order valence-corrected chi connectivity index (χ4v) is 1.87. The Bertz CT molecular complexity index is 319. The van der Waals surface area contributed by atoms with Crippen LogP contribution in [0.3, 0.4) is 0 Å². The second-order valence-corrected chi connectivity index (χ2v) is 4.22. The van der Waals surface area contributed by atoms with Crippen LogP contribution in [0.4, 0.5) is 5.13 Å². The predicted molar refractivity (Wildman–Crippen MR) is 52.0 cm³/mol. The summed E-state index contributed by atoms with van der Waals surface area (Å²) in [6.45, 7) is 2.78. The molecule has 2 rings (SSSR count). The SMILES string of the molecule is CC1(C(=O)Nc2nnns2)CCCN1. The number of nitrogens with one attached hydrogen (secondary N) is 2. The first-order valence-electron chi connectivity index (χ1n) is 4.42. The van der Waals surface area contributed by atoms with Crippen LogP contribution in [-0.4, -0.2) is 32.8 Å². The van der Waals surface area contributed by atoms with E-state index < -0.39 is 5.54 Å². The summed E-state index contributed by atoms with van der Waals surface area (Å²) in [6.07, 6.45) is 1.88. The number of carbonyl (C=O) groups excluding carboxylic acids is 1. The average molecular weight is 213 g/mol. The Morgan fingerprint density at radius 3 is 3.14 bits per heavy atom. The first-order chi connectivity index (χ1) is 6.71. The van der Waals surface area contributed by atoms with Gasteiger partial charge in [-0.05, 0) is 31.5 Å². The van der Waals surface area contributed by atoms with Gasteiger partial charge in [0, 0.05) is 11.5 Å². The molecule has 0 radical (unpaired) electrons. The number of carbonyl (C=O) groups is 1. The van der Waals surface area contributed by atoms with Crippen molar-refractivity contribution in [2.45, 2.75) is 25.3 Å². The summed E-state index contributed by atoms with van der Waals surface area (Å²) in [5.74, 6) is -0.0615. The van der Waals surface area contributed by atoms with Crippen molar-refractivity contribution in [1.29, 1.82) is 0 Å². The van der Waals surface area contributed by atoms with Crippen LogP contribution in [0, 0.1) is 0 Å². The Hall–Kier alpha value is -1.08. The van der Waals surface area contributed by atoms with E-state index in [2.05, 4.69) is 25.4 Å². The van der Waals surface area contributed by atoms with E-state index >= 15 is 0 Å². The number of hydrogen-bond acceptors (Lipinski definition) is 6. The smallest absolute Gasteiger partial charge is 0.246 e. The summed E-state index contributed by atoms with van der Waals surface area (Å²) < 4.78 is 3.57. The Labute approximate surface area is 85.3 Å². The molecule has 2 heterocycles. The zero-order valence-electron chi connectivity index (χ0n) is 7.78. The zero-order chi connectivity index (χ0) is 10.0. The molecular weight excluding hydrogens is 202 g/mol. The molecule has 0 aliphatic carbocycles. The van der Waals surface area contributed by atoms with Crippen molar-refractivity contribution < 1.29 is 4.79 Å². The molecule has 1 saturated heterocycles. The van der Waals surface area contributed by atoms with Crippen molar-refractivity contribution >= 4 is 22.6 Å². The Morgan fingerprint density at radius 2 is 2.57 bits per heavy atom. The van der Waals surface area contributed by atoms with Gasteiger partial charge < -0.3 is 5.32 Å². The Morgan fingerprint density at radius 1 is 1.71 bits per heavy atom. The maximum Gasteiger partial charge on any atom is 0.246 e. The van der Waals surface area contributed by atoms with E-state index in [-0.39, 0.29) is 5.91 Å². The standard InChI is InChI=1S/C7H11N5OS/c1-7(3-2-4-8-7)5(13)9-6-10-11-12-14-6/h8H,2-4H2,1H3,(H,9,10,12,13). The van der Waals surface area contributed by atoms with Gasteiger partial charge in [0.25, 0.3) is 0 Å². The number of nitrogens with zero attached hydrogens (tertiary/aromatic N) is 3. The van der Waals surface area contributed by atoms with Crippen molar-refractivity contribution in [2.24, 2.45) is 0 Å². The van der Waals surface area contributed by atoms with Gasteiger partial charge in [-0.1, -0.05) is 9.59 Å². The monoisotopic (exact) mass is 213 g/mol. The summed E-state index contributed by atoms with van der Waals surface area (Å²) in [5, 5.41) is 13.4. The minimum Gasteiger partial charge on any atom is -0.304 e. The predicted octanol–water partition coefficient (Wildman–Crippen LogP) is 0.0137. The van der Waals surface area contributed by atoms with Gasteiger partial charge in [0.15, 0.2) is 0 Å². The van der Waals surface area contributed by atoms with E-state index in [0.29, 0.717) is 5.13 Å². The second-order valence-electron chi connectivity index (χ2n) is 3.48. The Balaban J connectivity index is 2.02. The minimum atomic E-state index is -0.467. The van der Waals surface area contributed by atoms with Crippen molar-refractivity contribution in [1.82, 2.24) is 20.1 Å². The van der Waals surface area contributed by atoms with Gasteiger partial charge in [-0.25, -0.2) is 0 Å². The first-order valence-corrected chi connectivity index (χ1v) is 5.19. The third-order valence-electron chi connectivity index (χ3n) is 2.39. The molecule has 6 nitrogen and oxygen atoms in total. The lowest BCUT2D eigenvalue weighted by atomic mass is 10.00. The summed E-state index contributed by atoms with van der Waals surface area (Å²) in [5.41, 5.74) is -0.467. The van der Waals surface area contributed by atoms with Gasteiger partial charge in [0.05, 0.1) is 5.54 Å². The van der Waals surface area contributed by atoms with Crippen molar-refractivity contribution in [3.8, 4) is 0 Å². The van der Waals surface area contributed by atoms with Gasteiger partial charge in [-0.3, -0.25) is 10.1 Å². The normalized spacial score (nSPS) is 26.4.